The smallest absolute Gasteiger partial charge is 0.361 e. The standard InChI is InChI=1S/C17H25NO5/c1-17(2,3)23-13-11-15-14(21-16(22-15)20-9-8-19)10-12(13)18-6-4-5-7-18/h10-11,16,19H,4-9H2,1-3H3. The Hall–Kier alpha value is -1.66. The van der Waals surface area contributed by atoms with Crippen LogP contribution in [0.15, 0.2) is 12.1 Å². The summed E-state index contributed by atoms with van der Waals surface area (Å²) in [6, 6.07) is 3.83. The van der Waals surface area contributed by atoms with Crippen molar-refractivity contribution in [1.82, 2.24) is 0 Å². The Balaban J connectivity index is 1.86. The number of aliphatic hydroxyl groups excluding tert-OH is 1. The molecule has 0 aromatic heterocycles. The van der Waals surface area contributed by atoms with E-state index in [4.69, 9.17) is 24.1 Å². The van der Waals surface area contributed by atoms with Crippen molar-refractivity contribution in [2.75, 3.05) is 31.2 Å². The second-order valence-corrected chi connectivity index (χ2v) is 6.79. The van der Waals surface area contributed by atoms with Gasteiger partial charge in [0.1, 0.15) is 11.4 Å². The number of fused-ring (bicyclic) bond motifs is 1. The summed E-state index contributed by atoms with van der Waals surface area (Å²) < 4.78 is 22.7. The molecule has 2 aliphatic rings. The van der Waals surface area contributed by atoms with Crippen LogP contribution < -0.4 is 19.1 Å². The summed E-state index contributed by atoms with van der Waals surface area (Å²) >= 11 is 0. The van der Waals surface area contributed by atoms with Crippen molar-refractivity contribution in [2.24, 2.45) is 0 Å². The van der Waals surface area contributed by atoms with E-state index in [0.717, 1.165) is 24.5 Å². The predicted octanol–water partition coefficient (Wildman–Crippen LogP) is 2.53. The fraction of sp³-hybridized carbons (Fsp3) is 0.647. The van der Waals surface area contributed by atoms with Crippen LogP contribution in [0.3, 0.4) is 0 Å². The van der Waals surface area contributed by atoms with Gasteiger partial charge in [0, 0.05) is 25.2 Å². The van der Waals surface area contributed by atoms with Crippen LogP contribution in [-0.4, -0.2) is 43.5 Å². The quantitative estimate of drug-likeness (QED) is 0.898. The van der Waals surface area contributed by atoms with Crippen LogP contribution in [0.5, 0.6) is 17.2 Å². The first kappa shape index (κ1) is 16.2. The highest BCUT2D eigenvalue weighted by Gasteiger charge is 2.30. The van der Waals surface area contributed by atoms with E-state index in [2.05, 4.69) is 4.90 Å². The van der Waals surface area contributed by atoms with E-state index in [1.165, 1.54) is 12.8 Å². The molecule has 1 atom stereocenters. The largest absolute Gasteiger partial charge is 0.486 e. The molecule has 1 aromatic rings. The Bertz CT molecular complexity index is 549. The number of benzene rings is 1. The molecule has 0 saturated carbocycles. The van der Waals surface area contributed by atoms with Crippen molar-refractivity contribution < 1.29 is 24.1 Å². The van der Waals surface area contributed by atoms with E-state index in [9.17, 15) is 0 Å². The molecule has 1 N–H and O–H groups in total. The molecule has 1 aromatic carbocycles. The van der Waals surface area contributed by atoms with Crippen LogP contribution in [0.25, 0.3) is 0 Å². The zero-order valence-corrected chi connectivity index (χ0v) is 14.0. The van der Waals surface area contributed by atoms with Crippen molar-refractivity contribution in [3.05, 3.63) is 12.1 Å². The van der Waals surface area contributed by atoms with Crippen molar-refractivity contribution in [3.63, 3.8) is 0 Å². The monoisotopic (exact) mass is 323 g/mol. The lowest BCUT2D eigenvalue weighted by Gasteiger charge is -2.27. The second-order valence-electron chi connectivity index (χ2n) is 6.79. The Morgan fingerprint density at radius 3 is 2.43 bits per heavy atom. The molecule has 6 nitrogen and oxygen atoms in total. The summed E-state index contributed by atoms with van der Waals surface area (Å²) in [5.41, 5.74) is 0.734. The summed E-state index contributed by atoms with van der Waals surface area (Å²) in [6.45, 7) is 7.40. The molecule has 128 valence electrons. The van der Waals surface area contributed by atoms with Gasteiger partial charge in [-0.05, 0) is 33.6 Å². The Kier molecular flexibility index (Phi) is 4.55. The molecule has 0 bridgehead atoms. The van der Waals surface area contributed by atoms with Gasteiger partial charge in [-0.3, -0.25) is 0 Å². The minimum Gasteiger partial charge on any atom is -0.486 e. The highest BCUT2D eigenvalue weighted by Crippen LogP contribution is 2.45. The molecule has 23 heavy (non-hydrogen) atoms. The van der Waals surface area contributed by atoms with Gasteiger partial charge in [0.2, 0.25) is 0 Å². The van der Waals surface area contributed by atoms with Crippen LogP contribution in [-0.2, 0) is 4.74 Å². The molecule has 6 heteroatoms. The Labute approximate surface area is 136 Å². The summed E-state index contributed by atoms with van der Waals surface area (Å²) in [4.78, 5) is 2.31. The van der Waals surface area contributed by atoms with Gasteiger partial charge in [-0.25, -0.2) is 0 Å². The third-order valence-electron chi connectivity index (χ3n) is 3.68. The Morgan fingerprint density at radius 2 is 1.83 bits per heavy atom. The van der Waals surface area contributed by atoms with Crippen LogP contribution >= 0.6 is 0 Å². The molecule has 0 radical (unpaired) electrons. The van der Waals surface area contributed by atoms with Gasteiger partial charge in [0.25, 0.3) is 0 Å². The van der Waals surface area contributed by atoms with Gasteiger partial charge < -0.3 is 29.0 Å². The molecular formula is C17H25NO5. The van der Waals surface area contributed by atoms with Crippen molar-refractivity contribution in [1.29, 1.82) is 0 Å². The number of hydrogen-bond acceptors (Lipinski definition) is 6. The molecular weight excluding hydrogens is 298 g/mol. The summed E-state index contributed by atoms with van der Waals surface area (Å²) in [5, 5.41) is 8.84. The van der Waals surface area contributed by atoms with Crippen LogP contribution in [0.2, 0.25) is 0 Å². The van der Waals surface area contributed by atoms with Crippen molar-refractivity contribution in [2.45, 2.75) is 45.7 Å². The third-order valence-corrected chi connectivity index (χ3v) is 3.68. The van der Waals surface area contributed by atoms with Gasteiger partial charge in [-0.2, -0.15) is 0 Å². The van der Waals surface area contributed by atoms with E-state index in [1.54, 1.807) is 0 Å². The first-order chi connectivity index (χ1) is 11.0. The zero-order chi connectivity index (χ0) is 16.4. The zero-order valence-electron chi connectivity index (χ0n) is 14.0. The topological polar surface area (TPSA) is 60.4 Å². The molecule has 0 amide bonds. The number of ether oxygens (including phenoxy) is 4. The molecule has 2 aliphatic heterocycles. The summed E-state index contributed by atoms with van der Waals surface area (Å²) in [5.74, 6) is 2.05. The molecule has 2 heterocycles. The maximum Gasteiger partial charge on any atom is 0.361 e. The van der Waals surface area contributed by atoms with Crippen molar-refractivity contribution >= 4 is 5.69 Å². The van der Waals surface area contributed by atoms with Crippen LogP contribution in [0.1, 0.15) is 33.6 Å². The lowest BCUT2D eigenvalue weighted by molar-refractivity contribution is -0.181. The van der Waals surface area contributed by atoms with Crippen LogP contribution in [0, 0.1) is 0 Å². The molecule has 1 fully saturated rings. The minimum atomic E-state index is -0.812. The SMILES string of the molecule is CC(C)(C)Oc1cc2c(cc1N1CCCC1)OC(OCCO)O2. The average molecular weight is 323 g/mol. The molecule has 1 unspecified atom stereocenters. The van der Waals surface area contributed by atoms with Gasteiger partial charge in [0.15, 0.2) is 11.5 Å². The van der Waals surface area contributed by atoms with E-state index in [1.807, 2.05) is 32.9 Å². The maximum atomic E-state index is 8.84. The normalized spacial score (nSPS) is 20.2. The summed E-state index contributed by atoms with van der Waals surface area (Å²) in [7, 11) is 0. The first-order valence-corrected chi connectivity index (χ1v) is 8.14. The molecule has 0 spiro atoms. The number of nitrogens with zero attached hydrogens (tertiary/aromatic N) is 1. The van der Waals surface area contributed by atoms with E-state index in [0.29, 0.717) is 11.5 Å². The van der Waals surface area contributed by atoms with E-state index in [-0.39, 0.29) is 18.8 Å². The fourth-order valence-electron chi connectivity index (χ4n) is 2.78. The molecule has 3 rings (SSSR count). The lowest BCUT2D eigenvalue weighted by atomic mass is 10.1. The highest BCUT2D eigenvalue weighted by atomic mass is 16.9. The van der Waals surface area contributed by atoms with E-state index < -0.39 is 6.48 Å². The number of anilines is 1. The second kappa shape index (κ2) is 6.45. The van der Waals surface area contributed by atoms with Crippen LogP contribution in [0.4, 0.5) is 5.69 Å². The Morgan fingerprint density at radius 1 is 1.17 bits per heavy atom. The molecule has 1 saturated heterocycles. The average Bonchev–Trinajstić information content (AvgIpc) is 3.11. The fourth-order valence-corrected chi connectivity index (χ4v) is 2.78. The van der Waals surface area contributed by atoms with Gasteiger partial charge in [-0.15, -0.1) is 0 Å². The minimum absolute atomic E-state index is 0.0724. The van der Waals surface area contributed by atoms with Gasteiger partial charge >= 0.3 is 6.48 Å². The van der Waals surface area contributed by atoms with Gasteiger partial charge in [0.05, 0.1) is 18.9 Å². The van der Waals surface area contributed by atoms with Crippen molar-refractivity contribution in [3.8, 4) is 17.2 Å². The maximum absolute atomic E-state index is 8.84. The van der Waals surface area contributed by atoms with Gasteiger partial charge in [-0.1, -0.05) is 0 Å². The van der Waals surface area contributed by atoms with E-state index >= 15 is 0 Å². The third kappa shape index (κ3) is 3.82. The number of hydrogen-bond donors (Lipinski definition) is 1. The predicted molar refractivity (Wildman–Crippen MR) is 86.4 cm³/mol. The summed E-state index contributed by atoms with van der Waals surface area (Å²) in [6.07, 6.45) is 2.37. The first-order valence-electron chi connectivity index (χ1n) is 8.14. The molecule has 0 aliphatic carbocycles. The number of rotatable bonds is 5. The highest BCUT2D eigenvalue weighted by molar-refractivity contribution is 5.67. The lowest BCUT2D eigenvalue weighted by Crippen LogP contribution is -2.25. The number of aliphatic hydroxyl groups is 1.